The van der Waals surface area contributed by atoms with Gasteiger partial charge in [0, 0.05) is 4.91 Å². The van der Waals surface area contributed by atoms with Crippen molar-refractivity contribution in [3.05, 3.63) is 34.2 Å². The second-order valence-electron chi connectivity index (χ2n) is 3.28. The van der Waals surface area contributed by atoms with E-state index in [0.717, 1.165) is 12.1 Å². The highest BCUT2D eigenvalue weighted by Crippen LogP contribution is 2.31. The highest BCUT2D eigenvalue weighted by atomic mass is 32.2. The van der Waals surface area contributed by atoms with Crippen LogP contribution in [0.3, 0.4) is 0 Å². The fourth-order valence-corrected chi connectivity index (χ4v) is 2.01. The molecule has 0 saturated carbocycles. The smallest absolute Gasteiger partial charge is 0.196 e. The monoisotopic (exact) mass is 292 g/mol. The Hall–Kier alpha value is -2.33. The van der Waals surface area contributed by atoms with Gasteiger partial charge in [-0.25, -0.2) is 0 Å². The highest BCUT2D eigenvalue weighted by Gasteiger charge is 2.31. The predicted octanol–water partition coefficient (Wildman–Crippen LogP) is 1.85. The fraction of sp³-hybridized carbons (Fsp3) is 0.143. The van der Waals surface area contributed by atoms with Crippen molar-refractivity contribution in [2.75, 3.05) is 0 Å². The zero-order chi connectivity index (χ0) is 14.3. The van der Waals surface area contributed by atoms with Crippen molar-refractivity contribution in [1.29, 1.82) is 0 Å². The molecule has 100 valence electrons. The van der Waals surface area contributed by atoms with Gasteiger partial charge in [-0.15, -0.1) is 9.19 Å². The largest absolute Gasteiger partial charge is 0.416 e. The summed E-state index contributed by atoms with van der Waals surface area (Å²) in [4.78, 5) is 2.07. The van der Waals surface area contributed by atoms with Crippen molar-refractivity contribution in [2.45, 2.75) is 6.18 Å². The van der Waals surface area contributed by atoms with Crippen molar-refractivity contribution in [3.63, 3.8) is 0 Å². The molecule has 8 nitrogen and oxygen atoms in total. The zero-order valence-electron chi connectivity index (χ0n) is 8.77. The fourth-order valence-electron chi connectivity index (χ4n) is 1.33. The summed E-state index contributed by atoms with van der Waals surface area (Å²) in [6.07, 6.45) is -4.65. The van der Waals surface area contributed by atoms with Crippen molar-refractivity contribution in [2.24, 2.45) is 4.52 Å². The van der Waals surface area contributed by atoms with Gasteiger partial charge in [0.05, 0.1) is 10.1 Å². The molecule has 1 aromatic heterocycles. The van der Waals surface area contributed by atoms with E-state index in [1.165, 1.54) is 0 Å². The SMILES string of the molecule is [N-]=[N+]=NS(=O)(=O)n1nnc2ccc(C(F)(F)F)cc21. The lowest BCUT2D eigenvalue weighted by Crippen LogP contribution is -2.11. The van der Waals surface area contributed by atoms with E-state index >= 15 is 0 Å². The van der Waals surface area contributed by atoms with Crippen molar-refractivity contribution in [3.8, 4) is 0 Å². The van der Waals surface area contributed by atoms with Gasteiger partial charge in [-0.3, -0.25) is 0 Å². The molecule has 0 fully saturated rings. The molecule has 0 unspecified atom stereocenters. The van der Waals surface area contributed by atoms with Crippen LogP contribution in [0, 0.1) is 0 Å². The molecule has 0 radical (unpaired) electrons. The molecule has 2 aromatic rings. The lowest BCUT2D eigenvalue weighted by atomic mass is 10.2. The van der Waals surface area contributed by atoms with Crippen LogP contribution in [0.15, 0.2) is 22.7 Å². The maximum Gasteiger partial charge on any atom is 0.416 e. The minimum Gasteiger partial charge on any atom is -0.196 e. The molecular weight excluding hydrogens is 289 g/mol. The van der Waals surface area contributed by atoms with Gasteiger partial charge in [0.15, 0.2) is 0 Å². The summed E-state index contributed by atoms with van der Waals surface area (Å²) in [7, 11) is -4.57. The first-order valence-corrected chi connectivity index (χ1v) is 5.90. The summed E-state index contributed by atoms with van der Waals surface area (Å²) in [6.45, 7) is 0. The van der Waals surface area contributed by atoms with Gasteiger partial charge in [0.1, 0.15) is 11.0 Å². The number of hydrogen-bond donors (Lipinski definition) is 0. The first kappa shape index (κ1) is 13.1. The summed E-state index contributed by atoms with van der Waals surface area (Å²) >= 11 is 0. The molecule has 0 spiro atoms. The normalized spacial score (nSPS) is 12.4. The van der Waals surface area contributed by atoms with Gasteiger partial charge in [-0.2, -0.15) is 21.6 Å². The highest BCUT2D eigenvalue weighted by molar-refractivity contribution is 7.88. The Labute approximate surface area is 103 Å². The van der Waals surface area contributed by atoms with E-state index in [-0.39, 0.29) is 9.60 Å². The second-order valence-corrected chi connectivity index (χ2v) is 4.69. The topological polar surface area (TPSA) is 114 Å². The number of alkyl halides is 3. The Kier molecular flexibility index (Phi) is 2.83. The van der Waals surface area contributed by atoms with E-state index in [1.54, 1.807) is 0 Å². The van der Waals surface area contributed by atoms with Crippen LogP contribution in [0.2, 0.25) is 0 Å². The number of rotatable bonds is 2. The van der Waals surface area contributed by atoms with Crippen LogP contribution in [0.1, 0.15) is 5.56 Å². The Bertz CT molecular complexity index is 789. The van der Waals surface area contributed by atoms with Gasteiger partial charge >= 0.3 is 16.4 Å². The molecule has 19 heavy (non-hydrogen) atoms. The maximum atomic E-state index is 12.5. The van der Waals surface area contributed by atoms with Crippen molar-refractivity contribution < 1.29 is 21.6 Å². The maximum absolute atomic E-state index is 12.5. The Morgan fingerprint density at radius 3 is 2.63 bits per heavy atom. The van der Waals surface area contributed by atoms with Gasteiger partial charge in [-0.1, -0.05) is 5.21 Å². The first-order valence-electron chi connectivity index (χ1n) is 4.50. The Morgan fingerprint density at radius 2 is 2.05 bits per heavy atom. The van der Waals surface area contributed by atoms with Crippen LogP contribution >= 0.6 is 0 Å². The van der Waals surface area contributed by atoms with Gasteiger partial charge < -0.3 is 0 Å². The van der Waals surface area contributed by atoms with Crippen LogP contribution in [0.25, 0.3) is 21.5 Å². The minimum absolute atomic E-state index is 0.0790. The Balaban J connectivity index is 2.75. The average molecular weight is 292 g/mol. The molecule has 0 atom stereocenters. The molecular formula is C7H3F3N6O2S. The molecule has 0 amide bonds. The van der Waals surface area contributed by atoms with E-state index in [0.29, 0.717) is 6.07 Å². The minimum atomic E-state index is -4.65. The van der Waals surface area contributed by atoms with Crippen LogP contribution in [-0.4, -0.2) is 22.8 Å². The van der Waals surface area contributed by atoms with Crippen LogP contribution in [0.5, 0.6) is 0 Å². The molecule has 0 N–H and O–H groups in total. The Morgan fingerprint density at radius 1 is 1.37 bits per heavy atom. The summed E-state index contributed by atoms with van der Waals surface area (Å²) in [6, 6.07) is 2.26. The van der Waals surface area contributed by atoms with Crippen molar-refractivity contribution in [1.82, 2.24) is 14.4 Å². The van der Waals surface area contributed by atoms with Crippen LogP contribution in [0.4, 0.5) is 13.2 Å². The molecule has 0 bridgehead atoms. The van der Waals surface area contributed by atoms with Gasteiger partial charge in [0.25, 0.3) is 0 Å². The number of benzene rings is 1. The van der Waals surface area contributed by atoms with Gasteiger partial charge in [-0.05, 0) is 23.7 Å². The van der Waals surface area contributed by atoms with Gasteiger partial charge in [0.2, 0.25) is 0 Å². The predicted molar refractivity (Wildman–Crippen MR) is 56.0 cm³/mol. The molecule has 2 rings (SSSR count). The third kappa shape index (κ3) is 2.30. The summed E-state index contributed by atoms with van der Waals surface area (Å²) in [5, 5.41) is 6.53. The molecule has 0 saturated heterocycles. The molecule has 0 aliphatic rings. The van der Waals surface area contributed by atoms with Crippen LogP contribution < -0.4 is 0 Å². The second kappa shape index (κ2) is 4.10. The van der Waals surface area contributed by atoms with E-state index in [1.807, 2.05) is 0 Å². The number of azide groups is 1. The first-order chi connectivity index (χ1) is 8.75. The lowest BCUT2D eigenvalue weighted by Gasteiger charge is -2.06. The summed E-state index contributed by atoms with van der Waals surface area (Å²) < 4.78 is 63.0. The molecule has 12 heteroatoms. The van der Waals surface area contributed by atoms with E-state index < -0.39 is 27.5 Å². The van der Waals surface area contributed by atoms with E-state index in [9.17, 15) is 21.6 Å². The summed E-state index contributed by atoms with van der Waals surface area (Å²) in [5.41, 5.74) is 6.52. The number of nitrogens with zero attached hydrogens (tertiary/aromatic N) is 6. The molecule has 1 heterocycles. The standard InChI is InChI=1S/C7H3F3N6O2S/c8-7(9,10)4-1-2-5-6(3-4)16(14-12-5)19(17,18)15-13-11/h1-3H. The number of fused-ring (bicyclic) bond motifs is 1. The van der Waals surface area contributed by atoms with Crippen molar-refractivity contribution >= 4 is 21.2 Å². The molecule has 0 aliphatic heterocycles. The number of halogens is 3. The molecule has 0 aliphatic carbocycles. The average Bonchev–Trinajstić information content (AvgIpc) is 2.70. The number of hydrogen-bond acceptors (Lipinski definition) is 4. The third-order valence-corrected chi connectivity index (χ3v) is 3.09. The summed E-state index contributed by atoms with van der Waals surface area (Å²) in [5.74, 6) is 0. The third-order valence-electron chi connectivity index (χ3n) is 2.10. The number of aromatic nitrogens is 3. The van der Waals surface area contributed by atoms with E-state index in [4.69, 9.17) is 5.53 Å². The quantitative estimate of drug-likeness (QED) is 0.477. The van der Waals surface area contributed by atoms with Crippen LogP contribution in [-0.2, 0) is 16.4 Å². The van der Waals surface area contributed by atoms with E-state index in [2.05, 4.69) is 19.7 Å². The zero-order valence-corrected chi connectivity index (χ0v) is 9.59. The lowest BCUT2D eigenvalue weighted by molar-refractivity contribution is -0.137. The molecule has 1 aromatic carbocycles.